The Balaban J connectivity index is 1.77. The summed E-state index contributed by atoms with van der Waals surface area (Å²) < 4.78 is 10.8. The van der Waals surface area contributed by atoms with Crippen LogP contribution in [0.2, 0.25) is 0 Å². The molecule has 7 nitrogen and oxygen atoms in total. The Bertz CT molecular complexity index is 623. The number of nitrogens with zero attached hydrogens (tertiary/aromatic N) is 2. The first-order chi connectivity index (χ1) is 13.0. The lowest BCUT2D eigenvalue weighted by Crippen LogP contribution is -2.49. The number of guanidine groups is 1. The second-order valence-electron chi connectivity index (χ2n) is 7.06. The SMILES string of the molecule is CN=C(NCCOc1ccc(OC)cc1)NCC1(C(=O)N(C)C)CCCC1. The summed E-state index contributed by atoms with van der Waals surface area (Å²) in [5, 5.41) is 6.56. The molecular weight excluding hydrogens is 344 g/mol. The summed E-state index contributed by atoms with van der Waals surface area (Å²) in [6, 6.07) is 7.49. The molecule has 0 saturated heterocycles. The third-order valence-corrected chi connectivity index (χ3v) is 4.96. The Morgan fingerprint density at radius 1 is 1.15 bits per heavy atom. The van der Waals surface area contributed by atoms with Crippen molar-refractivity contribution >= 4 is 11.9 Å². The van der Waals surface area contributed by atoms with Crippen LogP contribution in [0, 0.1) is 5.41 Å². The van der Waals surface area contributed by atoms with Gasteiger partial charge in [0.15, 0.2) is 5.96 Å². The zero-order valence-electron chi connectivity index (χ0n) is 16.9. The summed E-state index contributed by atoms with van der Waals surface area (Å²) in [6.07, 6.45) is 4.05. The van der Waals surface area contributed by atoms with E-state index in [0.717, 1.165) is 37.2 Å². The Morgan fingerprint density at radius 2 is 1.78 bits per heavy atom. The lowest BCUT2D eigenvalue weighted by Gasteiger charge is -2.31. The van der Waals surface area contributed by atoms with Crippen molar-refractivity contribution in [2.45, 2.75) is 25.7 Å². The molecule has 0 unspecified atom stereocenters. The van der Waals surface area contributed by atoms with Gasteiger partial charge >= 0.3 is 0 Å². The molecule has 1 aliphatic carbocycles. The van der Waals surface area contributed by atoms with E-state index in [1.54, 1.807) is 19.1 Å². The van der Waals surface area contributed by atoms with Crippen molar-refractivity contribution in [2.24, 2.45) is 10.4 Å². The van der Waals surface area contributed by atoms with Crippen LogP contribution < -0.4 is 20.1 Å². The lowest BCUT2D eigenvalue weighted by atomic mass is 9.84. The first-order valence-corrected chi connectivity index (χ1v) is 9.44. The van der Waals surface area contributed by atoms with Crippen LogP contribution in [0.15, 0.2) is 29.3 Å². The van der Waals surface area contributed by atoms with E-state index in [9.17, 15) is 4.79 Å². The second-order valence-corrected chi connectivity index (χ2v) is 7.06. The van der Waals surface area contributed by atoms with E-state index in [4.69, 9.17) is 9.47 Å². The van der Waals surface area contributed by atoms with Gasteiger partial charge in [-0.1, -0.05) is 12.8 Å². The molecule has 1 amide bonds. The van der Waals surface area contributed by atoms with Gasteiger partial charge in [-0.25, -0.2) is 0 Å². The molecule has 27 heavy (non-hydrogen) atoms. The van der Waals surface area contributed by atoms with Gasteiger partial charge in [0, 0.05) is 27.7 Å². The summed E-state index contributed by atoms with van der Waals surface area (Å²) >= 11 is 0. The Kier molecular flexibility index (Phi) is 7.76. The zero-order chi connectivity index (χ0) is 19.7. The number of ether oxygens (including phenoxy) is 2. The monoisotopic (exact) mass is 376 g/mol. The van der Waals surface area contributed by atoms with Gasteiger partial charge in [-0.15, -0.1) is 0 Å². The molecule has 2 N–H and O–H groups in total. The normalized spacial score (nSPS) is 15.9. The maximum Gasteiger partial charge on any atom is 0.230 e. The fraction of sp³-hybridized carbons (Fsp3) is 0.600. The maximum absolute atomic E-state index is 12.6. The molecule has 0 aliphatic heterocycles. The lowest BCUT2D eigenvalue weighted by molar-refractivity contribution is -0.138. The van der Waals surface area contributed by atoms with Gasteiger partial charge in [0.2, 0.25) is 5.91 Å². The minimum absolute atomic E-state index is 0.200. The molecule has 2 rings (SSSR count). The van der Waals surface area contributed by atoms with Gasteiger partial charge in [-0.3, -0.25) is 9.79 Å². The van der Waals surface area contributed by atoms with Gasteiger partial charge < -0.3 is 25.0 Å². The predicted molar refractivity (Wildman–Crippen MR) is 107 cm³/mol. The zero-order valence-corrected chi connectivity index (χ0v) is 16.9. The molecule has 0 radical (unpaired) electrons. The van der Waals surface area contributed by atoms with Gasteiger partial charge in [0.1, 0.15) is 18.1 Å². The van der Waals surface area contributed by atoms with Gasteiger partial charge in [-0.2, -0.15) is 0 Å². The highest BCUT2D eigenvalue weighted by Gasteiger charge is 2.42. The van der Waals surface area contributed by atoms with Crippen LogP contribution in [0.1, 0.15) is 25.7 Å². The van der Waals surface area contributed by atoms with Crippen molar-refractivity contribution in [1.82, 2.24) is 15.5 Å². The first kappa shape index (κ1) is 20.9. The molecule has 150 valence electrons. The van der Waals surface area contributed by atoms with Crippen LogP contribution in [0.25, 0.3) is 0 Å². The molecular formula is C20H32N4O3. The standard InChI is InChI=1S/C20H32N4O3/c1-21-19(22-13-14-27-17-9-7-16(26-4)8-10-17)23-15-20(11-5-6-12-20)18(25)24(2)3/h7-10H,5-6,11-15H2,1-4H3,(H2,21,22,23). The van der Waals surface area contributed by atoms with E-state index in [1.165, 1.54) is 0 Å². The molecule has 0 heterocycles. The van der Waals surface area contributed by atoms with Crippen LogP contribution in [0.4, 0.5) is 0 Å². The summed E-state index contributed by atoms with van der Waals surface area (Å²) in [5.74, 6) is 2.48. The predicted octanol–water partition coefficient (Wildman–Crippen LogP) is 1.89. The molecule has 7 heteroatoms. The molecule has 1 fully saturated rings. The number of hydrogen-bond donors (Lipinski definition) is 2. The van der Waals surface area contributed by atoms with Crippen molar-refractivity contribution in [3.63, 3.8) is 0 Å². The number of carbonyl (C=O) groups excluding carboxylic acids is 1. The van der Waals surface area contributed by atoms with Crippen molar-refractivity contribution < 1.29 is 14.3 Å². The Morgan fingerprint density at radius 3 is 2.33 bits per heavy atom. The summed E-state index contributed by atoms with van der Waals surface area (Å²) in [5.41, 5.74) is -0.319. The number of rotatable bonds is 8. The largest absolute Gasteiger partial charge is 0.497 e. The molecule has 0 aromatic heterocycles. The van der Waals surface area contributed by atoms with Gasteiger partial charge in [0.05, 0.1) is 19.1 Å². The van der Waals surface area contributed by atoms with Crippen molar-refractivity contribution in [1.29, 1.82) is 0 Å². The van der Waals surface area contributed by atoms with Crippen LogP contribution in [-0.2, 0) is 4.79 Å². The second kappa shape index (κ2) is 10.0. The highest BCUT2D eigenvalue weighted by Crippen LogP contribution is 2.38. The van der Waals surface area contributed by atoms with Crippen molar-refractivity contribution in [2.75, 3.05) is 47.9 Å². The molecule has 1 saturated carbocycles. The summed E-state index contributed by atoms with van der Waals surface area (Å²) in [4.78, 5) is 18.6. The Hall–Kier alpha value is -2.44. The van der Waals surface area contributed by atoms with Crippen LogP contribution in [0.3, 0.4) is 0 Å². The minimum Gasteiger partial charge on any atom is -0.497 e. The quantitative estimate of drug-likeness (QED) is 0.412. The average Bonchev–Trinajstić information content (AvgIpc) is 3.17. The highest BCUT2D eigenvalue weighted by molar-refractivity contribution is 5.85. The fourth-order valence-corrected chi connectivity index (χ4v) is 3.48. The molecule has 0 bridgehead atoms. The van der Waals surface area contributed by atoms with Crippen LogP contribution in [-0.4, -0.2) is 64.7 Å². The topological polar surface area (TPSA) is 75.2 Å². The molecule has 1 aliphatic rings. The van der Waals surface area contributed by atoms with E-state index in [0.29, 0.717) is 25.7 Å². The van der Waals surface area contributed by atoms with E-state index < -0.39 is 0 Å². The highest BCUT2D eigenvalue weighted by atomic mass is 16.5. The average molecular weight is 377 g/mol. The first-order valence-electron chi connectivity index (χ1n) is 9.44. The minimum atomic E-state index is -0.319. The molecule has 0 atom stereocenters. The number of benzene rings is 1. The number of aliphatic imine (C=N–C) groups is 1. The number of methoxy groups -OCH3 is 1. The van der Waals surface area contributed by atoms with E-state index in [2.05, 4.69) is 15.6 Å². The summed E-state index contributed by atoms with van der Waals surface area (Å²) in [6.45, 7) is 1.72. The molecule has 1 aromatic carbocycles. The summed E-state index contributed by atoms with van der Waals surface area (Å²) in [7, 11) is 7.02. The maximum atomic E-state index is 12.6. The van der Waals surface area contributed by atoms with E-state index in [-0.39, 0.29) is 11.3 Å². The van der Waals surface area contributed by atoms with Crippen molar-refractivity contribution in [3.8, 4) is 11.5 Å². The smallest absolute Gasteiger partial charge is 0.230 e. The fourth-order valence-electron chi connectivity index (χ4n) is 3.48. The van der Waals surface area contributed by atoms with E-state index >= 15 is 0 Å². The van der Waals surface area contributed by atoms with Crippen molar-refractivity contribution in [3.05, 3.63) is 24.3 Å². The number of hydrogen-bond acceptors (Lipinski definition) is 4. The number of carbonyl (C=O) groups is 1. The van der Waals surface area contributed by atoms with Crippen LogP contribution >= 0.6 is 0 Å². The number of nitrogens with one attached hydrogen (secondary N) is 2. The van der Waals surface area contributed by atoms with Gasteiger partial charge in [-0.05, 0) is 37.1 Å². The van der Waals surface area contributed by atoms with E-state index in [1.807, 2.05) is 38.4 Å². The van der Waals surface area contributed by atoms with Gasteiger partial charge in [0.25, 0.3) is 0 Å². The van der Waals surface area contributed by atoms with Crippen LogP contribution in [0.5, 0.6) is 11.5 Å². The third-order valence-electron chi connectivity index (χ3n) is 4.96. The Labute approximate surface area is 162 Å². The third kappa shape index (κ3) is 5.77. The molecule has 0 spiro atoms. The number of amides is 1. The molecule has 1 aromatic rings.